The lowest BCUT2D eigenvalue weighted by atomic mass is 10.2. The SMILES string of the molecule is Cc1cc(O)ccc1-n1nnc(-c2cccnc2)c1N. The fraction of sp³-hybridized carbons (Fsp3) is 0.0714. The number of aromatic hydroxyl groups is 1. The van der Waals surface area contributed by atoms with E-state index < -0.39 is 0 Å². The Morgan fingerprint density at radius 1 is 1.25 bits per heavy atom. The van der Waals surface area contributed by atoms with Crippen molar-refractivity contribution in [3.8, 4) is 22.7 Å². The number of hydrogen-bond donors (Lipinski definition) is 2. The summed E-state index contributed by atoms with van der Waals surface area (Å²) in [5.74, 6) is 0.643. The Labute approximate surface area is 115 Å². The van der Waals surface area contributed by atoms with Gasteiger partial charge < -0.3 is 10.8 Å². The van der Waals surface area contributed by atoms with Gasteiger partial charge in [0.05, 0.1) is 5.69 Å². The van der Waals surface area contributed by atoms with E-state index in [2.05, 4.69) is 15.3 Å². The monoisotopic (exact) mass is 267 g/mol. The minimum absolute atomic E-state index is 0.206. The second-order valence-corrected chi connectivity index (χ2v) is 4.45. The molecule has 3 N–H and O–H groups in total. The molecule has 2 aromatic heterocycles. The second kappa shape index (κ2) is 4.65. The van der Waals surface area contributed by atoms with Gasteiger partial charge in [-0.15, -0.1) is 5.10 Å². The van der Waals surface area contributed by atoms with E-state index in [1.807, 2.05) is 19.1 Å². The number of phenols is 1. The molecule has 6 nitrogen and oxygen atoms in total. The van der Waals surface area contributed by atoms with Gasteiger partial charge in [0, 0.05) is 18.0 Å². The Kier molecular flexibility index (Phi) is 2.83. The first-order valence-electron chi connectivity index (χ1n) is 6.08. The fourth-order valence-corrected chi connectivity index (χ4v) is 2.05. The molecule has 0 atom stereocenters. The molecule has 6 heteroatoms. The van der Waals surface area contributed by atoms with Gasteiger partial charge >= 0.3 is 0 Å². The van der Waals surface area contributed by atoms with Crippen molar-refractivity contribution in [3.63, 3.8) is 0 Å². The van der Waals surface area contributed by atoms with Crippen LogP contribution in [-0.2, 0) is 0 Å². The van der Waals surface area contributed by atoms with Crippen molar-refractivity contribution >= 4 is 5.82 Å². The first-order chi connectivity index (χ1) is 9.66. The maximum absolute atomic E-state index is 9.45. The third-order valence-electron chi connectivity index (χ3n) is 3.05. The number of benzene rings is 1. The number of nitrogens with zero attached hydrogens (tertiary/aromatic N) is 4. The number of phenolic OH excluding ortho intramolecular Hbond substituents is 1. The number of hydrogen-bond acceptors (Lipinski definition) is 5. The lowest BCUT2D eigenvalue weighted by Gasteiger charge is -2.07. The highest BCUT2D eigenvalue weighted by Crippen LogP contribution is 2.26. The van der Waals surface area contributed by atoms with Crippen LogP contribution in [0.2, 0.25) is 0 Å². The zero-order valence-electron chi connectivity index (χ0n) is 10.9. The number of aryl methyl sites for hydroxylation is 1. The molecule has 0 bridgehead atoms. The normalized spacial score (nSPS) is 10.7. The van der Waals surface area contributed by atoms with E-state index in [9.17, 15) is 5.11 Å². The molecule has 0 fully saturated rings. The van der Waals surface area contributed by atoms with Gasteiger partial charge in [-0.25, -0.2) is 0 Å². The third kappa shape index (κ3) is 1.97. The van der Waals surface area contributed by atoms with Crippen LogP contribution in [0.1, 0.15) is 5.56 Å². The van der Waals surface area contributed by atoms with Gasteiger partial charge in [0.2, 0.25) is 0 Å². The Bertz CT molecular complexity index is 752. The van der Waals surface area contributed by atoms with Crippen LogP contribution in [0.4, 0.5) is 5.82 Å². The van der Waals surface area contributed by atoms with Crippen molar-refractivity contribution in [2.75, 3.05) is 5.73 Å². The predicted molar refractivity (Wildman–Crippen MR) is 75.4 cm³/mol. The molecule has 0 saturated carbocycles. The van der Waals surface area contributed by atoms with Crippen LogP contribution in [0.3, 0.4) is 0 Å². The summed E-state index contributed by atoms with van der Waals surface area (Å²) >= 11 is 0. The van der Waals surface area contributed by atoms with Gasteiger partial charge in [0.1, 0.15) is 11.4 Å². The average Bonchev–Trinajstić information content (AvgIpc) is 2.82. The van der Waals surface area contributed by atoms with Crippen LogP contribution in [0.15, 0.2) is 42.7 Å². The molecule has 3 rings (SSSR count). The number of anilines is 1. The third-order valence-corrected chi connectivity index (χ3v) is 3.05. The molecule has 0 radical (unpaired) electrons. The van der Waals surface area contributed by atoms with E-state index in [0.717, 1.165) is 16.8 Å². The second-order valence-electron chi connectivity index (χ2n) is 4.45. The van der Waals surface area contributed by atoms with Gasteiger partial charge in [0.25, 0.3) is 0 Å². The van der Waals surface area contributed by atoms with Crippen LogP contribution in [0, 0.1) is 6.92 Å². The molecular formula is C14H13N5O. The highest BCUT2D eigenvalue weighted by atomic mass is 16.3. The van der Waals surface area contributed by atoms with Gasteiger partial charge in [0.15, 0.2) is 5.82 Å². The summed E-state index contributed by atoms with van der Waals surface area (Å²) in [7, 11) is 0. The van der Waals surface area contributed by atoms with Crippen molar-refractivity contribution < 1.29 is 5.11 Å². The maximum Gasteiger partial charge on any atom is 0.155 e. The molecule has 0 amide bonds. The first kappa shape index (κ1) is 12.2. The van der Waals surface area contributed by atoms with Crippen LogP contribution >= 0.6 is 0 Å². The molecule has 1 aromatic carbocycles. The zero-order valence-corrected chi connectivity index (χ0v) is 10.9. The standard InChI is InChI=1S/C14H13N5O/c1-9-7-11(20)4-5-12(9)19-14(15)13(17-18-19)10-3-2-6-16-8-10/h2-8,20H,15H2,1H3. The molecule has 2 heterocycles. The molecule has 0 spiro atoms. The number of aromatic nitrogens is 4. The number of nitrogens with two attached hydrogens (primary N) is 1. The summed E-state index contributed by atoms with van der Waals surface area (Å²) in [6.07, 6.45) is 3.38. The van der Waals surface area contributed by atoms with E-state index >= 15 is 0 Å². The molecule has 0 saturated heterocycles. The average molecular weight is 267 g/mol. The van der Waals surface area contributed by atoms with Crippen molar-refractivity contribution in [3.05, 3.63) is 48.3 Å². The van der Waals surface area contributed by atoms with Crippen molar-refractivity contribution in [2.24, 2.45) is 0 Å². The van der Waals surface area contributed by atoms with E-state index in [1.165, 1.54) is 0 Å². The molecule has 100 valence electrons. The Hall–Kier alpha value is -2.89. The predicted octanol–water partition coefficient (Wildman–Crippen LogP) is 1.93. The topological polar surface area (TPSA) is 89.8 Å². The largest absolute Gasteiger partial charge is 0.508 e. The molecule has 0 aliphatic carbocycles. The van der Waals surface area contributed by atoms with E-state index in [4.69, 9.17) is 5.73 Å². The quantitative estimate of drug-likeness (QED) is 0.740. The smallest absolute Gasteiger partial charge is 0.155 e. The van der Waals surface area contributed by atoms with Crippen molar-refractivity contribution in [2.45, 2.75) is 6.92 Å². The van der Waals surface area contributed by atoms with Crippen LogP contribution in [-0.4, -0.2) is 25.1 Å². The fourth-order valence-electron chi connectivity index (χ4n) is 2.05. The van der Waals surface area contributed by atoms with E-state index in [1.54, 1.807) is 35.3 Å². The number of pyridine rings is 1. The Morgan fingerprint density at radius 3 is 2.80 bits per heavy atom. The molecule has 20 heavy (non-hydrogen) atoms. The summed E-state index contributed by atoms with van der Waals surface area (Å²) in [6.45, 7) is 1.87. The summed E-state index contributed by atoms with van der Waals surface area (Å²) in [5, 5.41) is 17.6. The first-order valence-corrected chi connectivity index (χ1v) is 6.08. The lowest BCUT2D eigenvalue weighted by molar-refractivity contribution is 0.474. The summed E-state index contributed by atoms with van der Waals surface area (Å²) in [6, 6.07) is 8.69. The summed E-state index contributed by atoms with van der Waals surface area (Å²) in [5.41, 5.74) is 9.16. The minimum Gasteiger partial charge on any atom is -0.508 e. The molecule has 0 aliphatic rings. The molecule has 0 aliphatic heterocycles. The van der Waals surface area contributed by atoms with Crippen molar-refractivity contribution in [1.82, 2.24) is 20.0 Å². The highest BCUT2D eigenvalue weighted by Gasteiger charge is 2.14. The van der Waals surface area contributed by atoms with E-state index in [0.29, 0.717) is 11.5 Å². The Balaban J connectivity index is 2.11. The molecule has 3 aromatic rings. The summed E-state index contributed by atoms with van der Waals surface area (Å²) in [4.78, 5) is 4.05. The van der Waals surface area contributed by atoms with Crippen LogP contribution in [0.25, 0.3) is 16.9 Å². The van der Waals surface area contributed by atoms with Gasteiger partial charge in [-0.3, -0.25) is 4.98 Å². The minimum atomic E-state index is 0.206. The van der Waals surface area contributed by atoms with Crippen molar-refractivity contribution in [1.29, 1.82) is 0 Å². The van der Waals surface area contributed by atoms with Gasteiger partial charge in [-0.05, 0) is 42.8 Å². The maximum atomic E-state index is 9.45. The number of nitrogen functional groups attached to an aromatic ring is 1. The van der Waals surface area contributed by atoms with Crippen LogP contribution < -0.4 is 5.73 Å². The van der Waals surface area contributed by atoms with Gasteiger partial charge in [-0.2, -0.15) is 4.68 Å². The lowest BCUT2D eigenvalue weighted by Crippen LogP contribution is -2.04. The van der Waals surface area contributed by atoms with Crippen LogP contribution in [0.5, 0.6) is 5.75 Å². The molecule has 0 unspecified atom stereocenters. The highest BCUT2D eigenvalue weighted by molar-refractivity contribution is 5.70. The molecular weight excluding hydrogens is 254 g/mol. The Morgan fingerprint density at radius 2 is 2.10 bits per heavy atom. The van der Waals surface area contributed by atoms with E-state index in [-0.39, 0.29) is 5.75 Å². The zero-order chi connectivity index (χ0) is 14.1. The number of rotatable bonds is 2. The summed E-state index contributed by atoms with van der Waals surface area (Å²) < 4.78 is 1.55. The van der Waals surface area contributed by atoms with Gasteiger partial charge in [-0.1, -0.05) is 5.21 Å².